The van der Waals surface area contributed by atoms with Crippen LogP contribution in [0, 0.1) is 0 Å². The van der Waals surface area contributed by atoms with Gasteiger partial charge in [0, 0.05) is 17.6 Å². The zero-order valence-corrected chi connectivity index (χ0v) is 11.4. The molecule has 2 nitrogen and oxygen atoms in total. The average Bonchev–Trinajstić information content (AvgIpc) is 2.74. The van der Waals surface area contributed by atoms with E-state index in [-0.39, 0.29) is 0 Å². The Bertz CT molecular complexity index is 353. The van der Waals surface area contributed by atoms with Crippen LogP contribution in [0.4, 0.5) is 5.69 Å². The molecule has 0 bridgehead atoms. The highest BCUT2D eigenvalue weighted by Crippen LogP contribution is 2.25. The summed E-state index contributed by atoms with van der Waals surface area (Å²) < 4.78 is 6.56. The number of hydrogen-bond acceptors (Lipinski definition) is 2. The summed E-state index contributed by atoms with van der Waals surface area (Å²) in [6.45, 7) is 1.83. The van der Waals surface area contributed by atoms with Crippen LogP contribution >= 0.6 is 27.5 Å². The molecule has 1 unspecified atom stereocenters. The highest BCUT2D eigenvalue weighted by Gasteiger charge is 2.14. The van der Waals surface area contributed by atoms with Crippen LogP contribution in [0.25, 0.3) is 0 Å². The minimum Gasteiger partial charge on any atom is -0.384 e. The van der Waals surface area contributed by atoms with E-state index in [9.17, 15) is 0 Å². The Kier molecular flexibility index (Phi) is 4.50. The molecule has 16 heavy (non-hydrogen) atoms. The fraction of sp³-hybridized carbons (Fsp3) is 0.500. The summed E-state index contributed by atoms with van der Waals surface area (Å²) in [5, 5.41) is 4.09. The van der Waals surface area contributed by atoms with Gasteiger partial charge in [0.15, 0.2) is 0 Å². The van der Waals surface area contributed by atoms with Gasteiger partial charge in [-0.15, -0.1) is 0 Å². The minimum atomic E-state index is 0.432. The zero-order chi connectivity index (χ0) is 11.4. The molecule has 0 aromatic heterocycles. The molecule has 88 valence electrons. The van der Waals surface area contributed by atoms with Crippen molar-refractivity contribution in [2.75, 3.05) is 18.5 Å². The number of halogens is 2. The van der Waals surface area contributed by atoms with Gasteiger partial charge in [-0.05, 0) is 37.5 Å². The number of rotatable bonds is 4. The second kappa shape index (κ2) is 5.89. The number of hydrogen-bond donors (Lipinski definition) is 1. The maximum Gasteiger partial charge on any atom is 0.0648 e. The van der Waals surface area contributed by atoms with E-state index in [0.717, 1.165) is 34.8 Å². The van der Waals surface area contributed by atoms with Gasteiger partial charge in [-0.3, -0.25) is 0 Å². The summed E-state index contributed by atoms with van der Waals surface area (Å²) >= 11 is 9.49. The number of anilines is 1. The molecule has 1 heterocycles. The predicted molar refractivity (Wildman–Crippen MR) is 71.2 cm³/mol. The summed E-state index contributed by atoms with van der Waals surface area (Å²) in [4.78, 5) is 0. The smallest absolute Gasteiger partial charge is 0.0648 e. The quantitative estimate of drug-likeness (QED) is 0.905. The third-order valence-corrected chi connectivity index (χ3v) is 3.54. The van der Waals surface area contributed by atoms with Crippen molar-refractivity contribution in [3.8, 4) is 0 Å². The zero-order valence-electron chi connectivity index (χ0n) is 9.01. The van der Waals surface area contributed by atoms with Crippen LogP contribution in [-0.2, 0) is 4.74 Å². The largest absolute Gasteiger partial charge is 0.384 e. The van der Waals surface area contributed by atoms with Crippen LogP contribution in [-0.4, -0.2) is 19.3 Å². The molecule has 0 radical (unpaired) electrons. The summed E-state index contributed by atoms with van der Waals surface area (Å²) in [6.07, 6.45) is 3.87. The first-order valence-electron chi connectivity index (χ1n) is 5.56. The standard InChI is InChI=1S/C12H15BrClNO/c13-9-3-4-12(11(14)8-9)15-6-5-10-2-1-7-16-10/h3-4,8,10,15H,1-2,5-7H2. The van der Waals surface area contributed by atoms with E-state index < -0.39 is 0 Å². The van der Waals surface area contributed by atoms with Crippen LogP contribution in [0.1, 0.15) is 19.3 Å². The van der Waals surface area contributed by atoms with Crippen LogP contribution < -0.4 is 5.32 Å². The Morgan fingerprint density at radius 3 is 3.06 bits per heavy atom. The fourth-order valence-corrected chi connectivity index (χ4v) is 2.61. The van der Waals surface area contributed by atoms with Gasteiger partial charge in [0.2, 0.25) is 0 Å². The lowest BCUT2D eigenvalue weighted by atomic mass is 10.2. The third-order valence-electron chi connectivity index (χ3n) is 2.74. The van der Waals surface area contributed by atoms with Gasteiger partial charge in [0.1, 0.15) is 0 Å². The van der Waals surface area contributed by atoms with Crippen molar-refractivity contribution in [1.29, 1.82) is 0 Å². The van der Waals surface area contributed by atoms with E-state index in [2.05, 4.69) is 21.2 Å². The van der Waals surface area contributed by atoms with Crippen molar-refractivity contribution < 1.29 is 4.74 Å². The lowest BCUT2D eigenvalue weighted by Crippen LogP contribution is -2.12. The molecular weight excluding hydrogens is 289 g/mol. The lowest BCUT2D eigenvalue weighted by molar-refractivity contribution is 0.107. The van der Waals surface area contributed by atoms with Crippen molar-refractivity contribution in [3.05, 3.63) is 27.7 Å². The van der Waals surface area contributed by atoms with Gasteiger partial charge >= 0.3 is 0 Å². The first-order chi connectivity index (χ1) is 7.75. The molecule has 1 aliphatic heterocycles. The summed E-state index contributed by atoms with van der Waals surface area (Å²) in [5.41, 5.74) is 0.989. The molecule has 0 saturated carbocycles. The molecule has 0 spiro atoms. The summed E-state index contributed by atoms with van der Waals surface area (Å²) in [6, 6.07) is 5.87. The van der Waals surface area contributed by atoms with Crippen LogP contribution in [0.15, 0.2) is 22.7 Å². The minimum absolute atomic E-state index is 0.432. The van der Waals surface area contributed by atoms with Crippen molar-refractivity contribution in [1.82, 2.24) is 0 Å². The second-order valence-corrected chi connectivity index (χ2v) is 5.30. The van der Waals surface area contributed by atoms with Gasteiger partial charge in [0.25, 0.3) is 0 Å². The SMILES string of the molecule is Clc1cc(Br)ccc1NCCC1CCCO1. The highest BCUT2D eigenvalue weighted by atomic mass is 79.9. The topological polar surface area (TPSA) is 21.3 Å². The van der Waals surface area contributed by atoms with Gasteiger partial charge in [0.05, 0.1) is 16.8 Å². The Morgan fingerprint density at radius 2 is 2.38 bits per heavy atom. The normalized spacial score (nSPS) is 20.0. The molecule has 1 atom stereocenters. The fourth-order valence-electron chi connectivity index (χ4n) is 1.87. The molecule has 0 aliphatic carbocycles. The van der Waals surface area contributed by atoms with Gasteiger partial charge in [-0.25, -0.2) is 0 Å². The molecular formula is C12H15BrClNO. The van der Waals surface area contributed by atoms with E-state index >= 15 is 0 Å². The van der Waals surface area contributed by atoms with E-state index in [4.69, 9.17) is 16.3 Å². The Hall–Kier alpha value is -0.250. The van der Waals surface area contributed by atoms with Crippen LogP contribution in [0.2, 0.25) is 5.02 Å². The lowest BCUT2D eigenvalue weighted by Gasteiger charge is -2.12. The second-order valence-electron chi connectivity index (χ2n) is 3.97. The Morgan fingerprint density at radius 1 is 1.50 bits per heavy atom. The molecule has 1 N–H and O–H groups in total. The van der Waals surface area contributed by atoms with Gasteiger partial charge in [-0.2, -0.15) is 0 Å². The van der Waals surface area contributed by atoms with E-state index in [1.807, 2.05) is 18.2 Å². The molecule has 1 aliphatic rings. The van der Waals surface area contributed by atoms with E-state index in [1.54, 1.807) is 0 Å². The van der Waals surface area contributed by atoms with Crippen molar-refractivity contribution in [2.24, 2.45) is 0 Å². The number of benzene rings is 1. The molecule has 1 aromatic rings. The summed E-state index contributed by atoms with van der Waals surface area (Å²) in [7, 11) is 0. The number of ether oxygens (including phenoxy) is 1. The molecule has 1 saturated heterocycles. The summed E-state index contributed by atoms with van der Waals surface area (Å²) in [5.74, 6) is 0. The van der Waals surface area contributed by atoms with Crippen LogP contribution in [0.3, 0.4) is 0 Å². The average molecular weight is 305 g/mol. The van der Waals surface area contributed by atoms with Crippen molar-refractivity contribution in [3.63, 3.8) is 0 Å². The maximum atomic E-state index is 6.10. The first-order valence-corrected chi connectivity index (χ1v) is 6.73. The van der Waals surface area contributed by atoms with E-state index in [1.165, 1.54) is 12.8 Å². The van der Waals surface area contributed by atoms with Gasteiger partial charge < -0.3 is 10.1 Å². The van der Waals surface area contributed by atoms with Crippen molar-refractivity contribution >= 4 is 33.2 Å². The van der Waals surface area contributed by atoms with E-state index in [0.29, 0.717) is 6.10 Å². The molecule has 4 heteroatoms. The monoisotopic (exact) mass is 303 g/mol. The Balaban J connectivity index is 1.80. The van der Waals surface area contributed by atoms with Gasteiger partial charge in [-0.1, -0.05) is 27.5 Å². The third kappa shape index (κ3) is 3.37. The molecule has 0 amide bonds. The number of nitrogens with one attached hydrogen (secondary N) is 1. The molecule has 1 aromatic carbocycles. The molecule has 1 fully saturated rings. The predicted octanol–water partition coefficient (Wildman–Crippen LogP) is 4.08. The Labute approximate surface area is 109 Å². The highest BCUT2D eigenvalue weighted by molar-refractivity contribution is 9.10. The van der Waals surface area contributed by atoms with Crippen LogP contribution in [0.5, 0.6) is 0 Å². The van der Waals surface area contributed by atoms with Crippen molar-refractivity contribution in [2.45, 2.75) is 25.4 Å². The molecule has 2 rings (SSSR count). The first kappa shape index (κ1) is 12.2. The maximum absolute atomic E-state index is 6.10.